The van der Waals surface area contributed by atoms with E-state index in [1.54, 1.807) is 18.2 Å². The molecule has 0 aliphatic heterocycles. The van der Waals surface area contributed by atoms with Gasteiger partial charge in [-0.1, -0.05) is 17.5 Å². The normalized spacial score (nSPS) is 9.53. The van der Waals surface area contributed by atoms with Crippen LogP contribution in [0, 0.1) is 17.7 Å². The van der Waals surface area contributed by atoms with E-state index in [0.29, 0.717) is 22.0 Å². The molecule has 0 aliphatic carbocycles. The van der Waals surface area contributed by atoms with Gasteiger partial charge in [0.1, 0.15) is 11.5 Å². The van der Waals surface area contributed by atoms with Gasteiger partial charge in [-0.3, -0.25) is 0 Å². The van der Waals surface area contributed by atoms with Crippen molar-refractivity contribution in [2.45, 2.75) is 0 Å². The molecule has 4 heteroatoms. The number of benzene rings is 1. The van der Waals surface area contributed by atoms with E-state index in [1.165, 1.54) is 18.3 Å². The van der Waals surface area contributed by atoms with Crippen molar-refractivity contribution in [3.05, 3.63) is 58.6 Å². The topological polar surface area (TPSA) is 38.9 Å². The zero-order chi connectivity index (χ0) is 12.3. The minimum atomic E-state index is -0.295. The fraction of sp³-hybridized carbons (Fsp3) is 0. The second-order valence-corrected chi connectivity index (χ2v) is 3.72. The summed E-state index contributed by atoms with van der Waals surface area (Å²) in [6.45, 7) is 0. The van der Waals surface area contributed by atoms with Crippen molar-refractivity contribution in [2.75, 3.05) is 5.73 Å². The molecule has 1 aromatic heterocycles. The molecule has 0 saturated carbocycles. The zero-order valence-corrected chi connectivity index (χ0v) is 9.50. The molecule has 0 fully saturated rings. The van der Waals surface area contributed by atoms with E-state index in [0.717, 1.165) is 0 Å². The Balaban J connectivity index is 2.33. The van der Waals surface area contributed by atoms with Gasteiger partial charge in [-0.05, 0) is 36.3 Å². The number of rotatable bonds is 0. The summed E-state index contributed by atoms with van der Waals surface area (Å²) in [5.74, 6) is 5.34. The van der Waals surface area contributed by atoms with E-state index in [1.807, 2.05) is 0 Å². The fourth-order valence-electron chi connectivity index (χ4n) is 1.21. The Morgan fingerprint density at radius 1 is 1.12 bits per heavy atom. The van der Waals surface area contributed by atoms with Crippen LogP contribution in [-0.4, -0.2) is 4.98 Å². The molecule has 0 bridgehead atoms. The van der Waals surface area contributed by atoms with Crippen LogP contribution in [0.1, 0.15) is 11.3 Å². The molecule has 1 heterocycles. The van der Waals surface area contributed by atoms with Crippen LogP contribution in [-0.2, 0) is 0 Å². The van der Waals surface area contributed by atoms with Gasteiger partial charge in [0.05, 0.1) is 10.7 Å². The standard InChI is InChI=1S/C13H8ClFN2/c14-11-7-8-17-12(13(11)16)6-3-9-1-4-10(15)5-2-9/h1-2,4-5,7-8H,16H2. The third kappa shape index (κ3) is 2.74. The van der Waals surface area contributed by atoms with Crippen LogP contribution in [0.5, 0.6) is 0 Å². The Hall–Kier alpha value is -2.05. The Morgan fingerprint density at radius 3 is 2.53 bits per heavy atom. The molecule has 0 radical (unpaired) electrons. The molecule has 0 saturated heterocycles. The van der Waals surface area contributed by atoms with Gasteiger partial charge in [-0.2, -0.15) is 0 Å². The molecule has 2 nitrogen and oxygen atoms in total. The Labute approximate surface area is 103 Å². The minimum absolute atomic E-state index is 0.295. The van der Waals surface area contributed by atoms with Crippen LogP contribution in [0.3, 0.4) is 0 Å². The van der Waals surface area contributed by atoms with Gasteiger partial charge in [-0.25, -0.2) is 9.37 Å². The summed E-state index contributed by atoms with van der Waals surface area (Å²) in [6.07, 6.45) is 1.54. The van der Waals surface area contributed by atoms with E-state index >= 15 is 0 Å². The first-order chi connectivity index (χ1) is 8.16. The summed E-state index contributed by atoms with van der Waals surface area (Å²) >= 11 is 5.83. The molecule has 2 aromatic rings. The Kier molecular flexibility index (Phi) is 3.27. The number of nitrogen functional groups attached to an aromatic ring is 1. The van der Waals surface area contributed by atoms with Crippen molar-refractivity contribution in [1.82, 2.24) is 4.98 Å². The lowest BCUT2D eigenvalue weighted by molar-refractivity contribution is 0.627. The van der Waals surface area contributed by atoms with Crippen molar-refractivity contribution in [3.63, 3.8) is 0 Å². The average molecular weight is 247 g/mol. The lowest BCUT2D eigenvalue weighted by atomic mass is 10.2. The molecule has 0 unspecified atom stereocenters. The Morgan fingerprint density at radius 2 is 1.82 bits per heavy atom. The number of anilines is 1. The quantitative estimate of drug-likeness (QED) is 0.726. The highest BCUT2D eigenvalue weighted by molar-refractivity contribution is 6.33. The average Bonchev–Trinajstić information content (AvgIpc) is 2.33. The first-order valence-electron chi connectivity index (χ1n) is 4.84. The van der Waals surface area contributed by atoms with Gasteiger partial charge < -0.3 is 5.73 Å². The number of hydrogen-bond acceptors (Lipinski definition) is 2. The lowest BCUT2D eigenvalue weighted by Crippen LogP contribution is -1.94. The van der Waals surface area contributed by atoms with Crippen molar-refractivity contribution in [1.29, 1.82) is 0 Å². The molecule has 84 valence electrons. The summed E-state index contributed by atoms with van der Waals surface area (Å²) in [5, 5.41) is 0.420. The van der Waals surface area contributed by atoms with E-state index in [-0.39, 0.29) is 5.82 Å². The number of halogens is 2. The molecule has 17 heavy (non-hydrogen) atoms. The fourth-order valence-corrected chi connectivity index (χ4v) is 1.36. The summed E-state index contributed by atoms with van der Waals surface area (Å²) < 4.78 is 12.7. The summed E-state index contributed by atoms with van der Waals surface area (Å²) in [5.41, 5.74) is 7.17. The summed E-state index contributed by atoms with van der Waals surface area (Å²) in [4.78, 5) is 4.01. The maximum Gasteiger partial charge on any atom is 0.137 e. The van der Waals surface area contributed by atoms with Gasteiger partial charge in [0.15, 0.2) is 0 Å². The van der Waals surface area contributed by atoms with Crippen LogP contribution >= 0.6 is 11.6 Å². The first kappa shape index (κ1) is 11.4. The third-order valence-corrected chi connectivity index (χ3v) is 2.44. The molecule has 2 N–H and O–H groups in total. The van der Waals surface area contributed by atoms with E-state index in [9.17, 15) is 4.39 Å². The van der Waals surface area contributed by atoms with Gasteiger partial charge in [-0.15, -0.1) is 0 Å². The van der Waals surface area contributed by atoms with Gasteiger partial charge in [0.25, 0.3) is 0 Å². The second kappa shape index (κ2) is 4.86. The minimum Gasteiger partial charge on any atom is -0.395 e. The van der Waals surface area contributed by atoms with Crippen molar-refractivity contribution in [2.24, 2.45) is 0 Å². The molecule has 0 amide bonds. The maximum absolute atomic E-state index is 12.7. The lowest BCUT2D eigenvalue weighted by Gasteiger charge is -1.98. The van der Waals surface area contributed by atoms with E-state index in [4.69, 9.17) is 17.3 Å². The monoisotopic (exact) mass is 246 g/mol. The largest absolute Gasteiger partial charge is 0.395 e. The van der Waals surface area contributed by atoms with Gasteiger partial charge in [0.2, 0.25) is 0 Å². The zero-order valence-electron chi connectivity index (χ0n) is 8.74. The molecular weight excluding hydrogens is 239 g/mol. The number of nitrogens with zero attached hydrogens (tertiary/aromatic N) is 1. The predicted octanol–water partition coefficient (Wildman–Crippen LogP) is 2.86. The summed E-state index contributed by atoms with van der Waals surface area (Å²) in [6, 6.07) is 7.46. The van der Waals surface area contributed by atoms with Crippen molar-refractivity contribution in [3.8, 4) is 11.8 Å². The van der Waals surface area contributed by atoms with Crippen LogP contribution in [0.4, 0.5) is 10.1 Å². The maximum atomic E-state index is 12.7. The molecular formula is C13H8ClFN2. The summed E-state index contributed by atoms with van der Waals surface area (Å²) in [7, 11) is 0. The highest BCUT2D eigenvalue weighted by atomic mass is 35.5. The molecule has 0 aliphatic rings. The van der Waals surface area contributed by atoms with Crippen LogP contribution in [0.2, 0.25) is 5.02 Å². The van der Waals surface area contributed by atoms with Crippen LogP contribution < -0.4 is 5.73 Å². The number of pyridine rings is 1. The number of aromatic nitrogens is 1. The smallest absolute Gasteiger partial charge is 0.137 e. The molecule has 0 spiro atoms. The van der Waals surface area contributed by atoms with Crippen molar-refractivity contribution >= 4 is 17.3 Å². The second-order valence-electron chi connectivity index (χ2n) is 3.31. The SMILES string of the molecule is Nc1c(Cl)ccnc1C#Cc1ccc(F)cc1. The number of nitrogens with two attached hydrogens (primary N) is 1. The molecule has 1 aromatic carbocycles. The van der Waals surface area contributed by atoms with Crippen molar-refractivity contribution < 1.29 is 4.39 Å². The predicted molar refractivity (Wildman–Crippen MR) is 66.0 cm³/mol. The third-order valence-electron chi connectivity index (χ3n) is 2.11. The molecule has 0 atom stereocenters. The Bertz CT molecular complexity index is 597. The van der Waals surface area contributed by atoms with E-state index in [2.05, 4.69) is 16.8 Å². The van der Waals surface area contributed by atoms with Crippen LogP contribution in [0.25, 0.3) is 0 Å². The van der Waals surface area contributed by atoms with Gasteiger partial charge >= 0.3 is 0 Å². The van der Waals surface area contributed by atoms with E-state index < -0.39 is 0 Å². The van der Waals surface area contributed by atoms with Gasteiger partial charge in [0, 0.05) is 11.8 Å². The highest BCUT2D eigenvalue weighted by Crippen LogP contribution is 2.19. The highest BCUT2D eigenvalue weighted by Gasteiger charge is 2.00. The first-order valence-corrected chi connectivity index (χ1v) is 5.22. The number of hydrogen-bond donors (Lipinski definition) is 1. The van der Waals surface area contributed by atoms with Crippen LogP contribution in [0.15, 0.2) is 36.5 Å². The molecule has 2 rings (SSSR count).